The molecule has 0 bridgehead atoms. The lowest BCUT2D eigenvalue weighted by Crippen LogP contribution is -2.31. The Morgan fingerprint density at radius 2 is 1.93 bits per heavy atom. The maximum atomic E-state index is 13.9. The Balaban J connectivity index is 1.54. The highest BCUT2D eigenvalue weighted by Gasteiger charge is 2.47. The smallest absolute Gasteiger partial charge is 0.296 e. The summed E-state index contributed by atoms with van der Waals surface area (Å²) in [6, 6.07) is 11.4. The third-order valence-corrected chi connectivity index (χ3v) is 9.81. The van der Waals surface area contributed by atoms with Gasteiger partial charge in [0.25, 0.3) is 5.91 Å². The van der Waals surface area contributed by atoms with Crippen molar-refractivity contribution in [3.63, 3.8) is 0 Å². The summed E-state index contributed by atoms with van der Waals surface area (Å²) in [5.74, 6) is -0.853. The van der Waals surface area contributed by atoms with Crippen molar-refractivity contribution < 1.29 is 19.4 Å². The molecular formula is C27H22Cl2N4O4S3. The Bertz CT molecular complexity index is 1650. The van der Waals surface area contributed by atoms with E-state index in [9.17, 15) is 14.7 Å². The molecule has 206 valence electrons. The zero-order valence-corrected chi connectivity index (χ0v) is 25.4. The van der Waals surface area contributed by atoms with Gasteiger partial charge in [0.05, 0.1) is 27.8 Å². The lowest BCUT2D eigenvalue weighted by Gasteiger charge is -2.25. The molecule has 13 heteroatoms. The number of Topliss-reactive ketones (excluding diaryl/α,β-unsaturated/α-hetero) is 1. The number of amides is 1. The van der Waals surface area contributed by atoms with Crippen LogP contribution in [0.4, 0.5) is 5.13 Å². The molecule has 1 atom stereocenters. The van der Waals surface area contributed by atoms with Crippen LogP contribution in [0.15, 0.2) is 58.1 Å². The summed E-state index contributed by atoms with van der Waals surface area (Å²) in [5.41, 5.74) is 1.89. The normalized spacial score (nSPS) is 15.3. The molecule has 40 heavy (non-hydrogen) atoms. The quantitative estimate of drug-likeness (QED) is 0.116. The van der Waals surface area contributed by atoms with Crippen LogP contribution in [0, 0.1) is 13.8 Å². The van der Waals surface area contributed by atoms with E-state index >= 15 is 0 Å². The summed E-state index contributed by atoms with van der Waals surface area (Å²) >= 11 is 16.1. The Kier molecular flexibility index (Phi) is 8.48. The second-order valence-electron chi connectivity index (χ2n) is 8.66. The largest absolute Gasteiger partial charge is 0.503 e. The summed E-state index contributed by atoms with van der Waals surface area (Å²) in [6.45, 7) is 5.75. The molecule has 2 aromatic heterocycles. The molecule has 1 N–H and O–H groups in total. The highest BCUT2D eigenvalue weighted by molar-refractivity contribution is 8.00. The number of aromatic nitrogens is 3. The molecule has 1 unspecified atom stereocenters. The number of para-hydroxylation sites is 1. The summed E-state index contributed by atoms with van der Waals surface area (Å²) in [4.78, 5) is 33.5. The second-order valence-corrected chi connectivity index (χ2v) is 12.9. The van der Waals surface area contributed by atoms with Gasteiger partial charge in [-0.3, -0.25) is 14.5 Å². The number of aliphatic hydroxyl groups is 1. The van der Waals surface area contributed by atoms with Crippen LogP contribution in [-0.2, 0) is 10.5 Å². The van der Waals surface area contributed by atoms with Gasteiger partial charge in [-0.15, -0.1) is 21.5 Å². The highest BCUT2D eigenvalue weighted by Crippen LogP contribution is 2.46. The Hall–Kier alpha value is -2.96. The van der Waals surface area contributed by atoms with E-state index in [0.717, 1.165) is 5.56 Å². The standard InChI is InChI=1S/C27H22Cl2N4O4S3/c1-4-37-19-8-6-5-7-17(19)21-20(22(34)24-13(2)30-14(3)39-24)23(35)25(36)33(21)26-31-32-27(40-26)38-12-15-9-10-16(28)11-18(15)29/h5-11,21,35H,4,12H2,1-3H3. The van der Waals surface area contributed by atoms with E-state index in [0.29, 0.717) is 53.6 Å². The van der Waals surface area contributed by atoms with Crippen molar-refractivity contribution in [2.75, 3.05) is 11.5 Å². The molecule has 3 heterocycles. The first-order chi connectivity index (χ1) is 19.2. The van der Waals surface area contributed by atoms with Crippen LogP contribution in [0.2, 0.25) is 10.0 Å². The number of hydrogen-bond acceptors (Lipinski definition) is 10. The number of ketones is 1. The topological polar surface area (TPSA) is 106 Å². The first-order valence-corrected chi connectivity index (χ1v) is 15.4. The van der Waals surface area contributed by atoms with Crippen molar-refractivity contribution in [2.24, 2.45) is 0 Å². The predicted molar refractivity (Wildman–Crippen MR) is 159 cm³/mol. The SMILES string of the molecule is CCOc1ccccc1C1C(C(=O)c2sc(C)nc2C)=C(O)C(=O)N1c1nnc(SCc2ccc(Cl)cc2Cl)s1. The van der Waals surface area contributed by atoms with E-state index < -0.39 is 23.5 Å². The number of rotatable bonds is 9. The van der Waals surface area contributed by atoms with Crippen molar-refractivity contribution >= 4 is 74.5 Å². The molecule has 0 spiro atoms. The fourth-order valence-corrected chi connectivity index (χ4v) is 7.62. The van der Waals surface area contributed by atoms with E-state index in [1.165, 1.54) is 39.3 Å². The van der Waals surface area contributed by atoms with Gasteiger partial charge in [0.2, 0.25) is 10.9 Å². The van der Waals surface area contributed by atoms with Gasteiger partial charge in [-0.1, -0.05) is 70.6 Å². The molecule has 1 amide bonds. The van der Waals surface area contributed by atoms with Crippen LogP contribution in [0.3, 0.4) is 0 Å². The number of anilines is 1. The number of thiazole rings is 1. The van der Waals surface area contributed by atoms with Crippen molar-refractivity contribution in [1.82, 2.24) is 15.2 Å². The van der Waals surface area contributed by atoms with Gasteiger partial charge in [-0.05, 0) is 44.5 Å². The minimum absolute atomic E-state index is 0.0544. The minimum atomic E-state index is -0.985. The molecule has 8 nitrogen and oxygen atoms in total. The van der Waals surface area contributed by atoms with Gasteiger partial charge >= 0.3 is 0 Å². The number of aliphatic hydroxyl groups excluding tert-OH is 1. The zero-order valence-electron chi connectivity index (χ0n) is 21.5. The van der Waals surface area contributed by atoms with Gasteiger partial charge in [0.1, 0.15) is 11.8 Å². The monoisotopic (exact) mass is 632 g/mol. The number of ether oxygens (including phenoxy) is 1. The predicted octanol–water partition coefficient (Wildman–Crippen LogP) is 7.39. The average Bonchev–Trinajstić information content (AvgIpc) is 3.59. The summed E-state index contributed by atoms with van der Waals surface area (Å²) < 4.78 is 6.44. The van der Waals surface area contributed by atoms with Gasteiger partial charge < -0.3 is 9.84 Å². The van der Waals surface area contributed by atoms with Crippen LogP contribution in [-0.4, -0.2) is 38.6 Å². The van der Waals surface area contributed by atoms with Crippen LogP contribution >= 0.6 is 57.6 Å². The third kappa shape index (κ3) is 5.48. The molecule has 1 aliphatic rings. The number of thioether (sulfide) groups is 1. The number of aryl methyl sites for hydroxylation is 2. The van der Waals surface area contributed by atoms with Crippen molar-refractivity contribution in [3.8, 4) is 5.75 Å². The lowest BCUT2D eigenvalue weighted by molar-refractivity contribution is -0.117. The molecule has 0 fully saturated rings. The minimum Gasteiger partial charge on any atom is -0.503 e. The third-order valence-electron chi connectivity index (χ3n) is 6.04. The fraction of sp³-hybridized carbons (Fsp3) is 0.222. The Morgan fingerprint density at radius 1 is 1.15 bits per heavy atom. The van der Waals surface area contributed by atoms with Crippen LogP contribution in [0.1, 0.15) is 44.5 Å². The van der Waals surface area contributed by atoms with E-state index in [4.69, 9.17) is 27.9 Å². The molecule has 0 saturated heterocycles. The van der Waals surface area contributed by atoms with Crippen LogP contribution in [0.5, 0.6) is 5.75 Å². The number of hydrogen-bond donors (Lipinski definition) is 1. The molecule has 0 radical (unpaired) electrons. The lowest BCUT2D eigenvalue weighted by atomic mass is 9.94. The van der Waals surface area contributed by atoms with Crippen molar-refractivity contribution in [3.05, 3.63) is 90.5 Å². The van der Waals surface area contributed by atoms with Gasteiger partial charge in [-0.25, -0.2) is 4.98 Å². The maximum absolute atomic E-state index is 13.9. The molecule has 1 aliphatic heterocycles. The maximum Gasteiger partial charge on any atom is 0.296 e. The number of carbonyl (C=O) groups excluding carboxylic acids is 2. The Morgan fingerprint density at radius 3 is 2.62 bits per heavy atom. The van der Waals surface area contributed by atoms with E-state index in [-0.39, 0.29) is 10.7 Å². The van der Waals surface area contributed by atoms with Crippen molar-refractivity contribution in [2.45, 2.75) is 36.9 Å². The summed E-state index contributed by atoms with van der Waals surface area (Å²) in [5, 5.41) is 21.7. The Labute approximate surface area is 252 Å². The van der Waals surface area contributed by atoms with Crippen molar-refractivity contribution in [1.29, 1.82) is 0 Å². The molecule has 5 rings (SSSR count). The fourth-order valence-electron chi connectivity index (χ4n) is 4.32. The zero-order chi connectivity index (χ0) is 28.6. The molecular weight excluding hydrogens is 611 g/mol. The van der Waals surface area contributed by atoms with E-state index in [1.807, 2.05) is 13.0 Å². The number of benzene rings is 2. The first kappa shape index (κ1) is 28.6. The van der Waals surface area contributed by atoms with E-state index in [1.54, 1.807) is 50.2 Å². The molecule has 0 saturated carbocycles. The van der Waals surface area contributed by atoms with Gasteiger partial charge in [-0.2, -0.15) is 0 Å². The highest BCUT2D eigenvalue weighted by atomic mass is 35.5. The summed E-state index contributed by atoms with van der Waals surface area (Å²) in [7, 11) is 0. The summed E-state index contributed by atoms with van der Waals surface area (Å²) in [6.07, 6.45) is 0. The second kappa shape index (κ2) is 11.9. The number of nitrogens with zero attached hydrogens (tertiary/aromatic N) is 4. The average molecular weight is 634 g/mol. The molecule has 2 aromatic carbocycles. The van der Waals surface area contributed by atoms with Gasteiger partial charge in [0.15, 0.2) is 10.1 Å². The van der Waals surface area contributed by atoms with Crippen LogP contribution < -0.4 is 9.64 Å². The first-order valence-electron chi connectivity index (χ1n) is 12.1. The van der Waals surface area contributed by atoms with E-state index in [2.05, 4.69) is 15.2 Å². The van der Waals surface area contributed by atoms with Gasteiger partial charge in [0, 0.05) is 21.4 Å². The van der Waals surface area contributed by atoms with Crippen LogP contribution in [0.25, 0.3) is 0 Å². The molecule has 0 aliphatic carbocycles. The molecule has 4 aromatic rings. The number of halogens is 2. The number of carbonyl (C=O) groups is 2.